The molecule has 1 atom stereocenters. The lowest BCUT2D eigenvalue weighted by Gasteiger charge is -2.36. The van der Waals surface area contributed by atoms with Crippen LogP contribution in [0.1, 0.15) is 16.7 Å². The lowest BCUT2D eigenvalue weighted by Crippen LogP contribution is -2.51. The average molecular weight is 304 g/mol. The van der Waals surface area contributed by atoms with Gasteiger partial charge in [-0.2, -0.15) is 0 Å². The van der Waals surface area contributed by atoms with Crippen LogP contribution in [-0.4, -0.2) is 53.0 Å². The smallest absolute Gasteiger partial charge is 0.317 e. The van der Waals surface area contributed by atoms with E-state index >= 15 is 0 Å². The first-order valence-corrected chi connectivity index (χ1v) is 7.61. The zero-order valence-corrected chi connectivity index (χ0v) is 12.9. The van der Waals surface area contributed by atoms with Crippen molar-refractivity contribution in [3.63, 3.8) is 0 Å². The molecule has 1 aromatic rings. The number of carbonyl (C=O) groups excluding carboxylic acids is 1. The van der Waals surface area contributed by atoms with Crippen LogP contribution in [0.25, 0.3) is 0 Å². The number of nitrogens with zero attached hydrogens (tertiary/aromatic N) is 2. The van der Waals surface area contributed by atoms with E-state index in [1.807, 2.05) is 11.0 Å². The average Bonchev–Trinajstić information content (AvgIpc) is 2.82. The normalized spacial score (nSPS) is 22.0. The van der Waals surface area contributed by atoms with Gasteiger partial charge in [0, 0.05) is 38.3 Å². The highest BCUT2D eigenvalue weighted by atomic mass is 32.1. The molecule has 0 aliphatic carbocycles. The second-order valence-corrected chi connectivity index (χ2v) is 6.21. The van der Waals surface area contributed by atoms with E-state index in [1.165, 1.54) is 11.1 Å². The Bertz CT molecular complexity index is 589. The standard InChI is InChI=1S/C15H20N4OS/c1-10-6-11(14(16)21)2-3-12(10)8-18-4-5-19-13(9-18)7-17-15(19)20/h2-3,6,13H,4-5,7-9H2,1H3,(H2,16,21)(H,17,20). The number of thiocarbonyl (C=S) groups is 1. The minimum absolute atomic E-state index is 0.0802. The number of nitrogens with one attached hydrogen (secondary N) is 1. The van der Waals surface area contributed by atoms with Gasteiger partial charge in [0.05, 0.1) is 6.04 Å². The number of urea groups is 1. The van der Waals surface area contributed by atoms with E-state index in [1.54, 1.807) is 0 Å². The zero-order valence-electron chi connectivity index (χ0n) is 12.1. The second kappa shape index (κ2) is 5.61. The van der Waals surface area contributed by atoms with Gasteiger partial charge in [-0.3, -0.25) is 4.90 Å². The molecule has 2 heterocycles. The zero-order chi connectivity index (χ0) is 15.0. The number of piperazine rings is 1. The minimum atomic E-state index is 0.0802. The second-order valence-electron chi connectivity index (χ2n) is 5.77. The molecule has 1 aromatic carbocycles. The molecule has 0 radical (unpaired) electrons. The third kappa shape index (κ3) is 2.87. The third-order valence-corrected chi connectivity index (χ3v) is 4.57. The summed E-state index contributed by atoms with van der Waals surface area (Å²) in [5.74, 6) is 0. The third-order valence-electron chi connectivity index (χ3n) is 4.34. The lowest BCUT2D eigenvalue weighted by molar-refractivity contribution is 0.116. The van der Waals surface area contributed by atoms with Crippen LogP contribution >= 0.6 is 12.2 Å². The van der Waals surface area contributed by atoms with Crippen LogP contribution in [0.2, 0.25) is 0 Å². The maximum atomic E-state index is 11.6. The summed E-state index contributed by atoms with van der Waals surface area (Å²) in [4.78, 5) is 16.4. The van der Waals surface area contributed by atoms with E-state index in [9.17, 15) is 4.79 Å². The molecule has 2 aliphatic rings. The molecule has 3 N–H and O–H groups in total. The Morgan fingerprint density at radius 3 is 3.00 bits per heavy atom. The fourth-order valence-corrected chi connectivity index (χ4v) is 3.21. The Morgan fingerprint density at radius 1 is 1.48 bits per heavy atom. The van der Waals surface area contributed by atoms with Crippen LogP contribution in [-0.2, 0) is 6.54 Å². The highest BCUT2D eigenvalue weighted by Crippen LogP contribution is 2.18. The molecule has 1 unspecified atom stereocenters. The predicted molar refractivity (Wildman–Crippen MR) is 86.2 cm³/mol. The van der Waals surface area contributed by atoms with Crippen LogP contribution < -0.4 is 11.1 Å². The molecule has 2 amide bonds. The van der Waals surface area contributed by atoms with E-state index < -0.39 is 0 Å². The summed E-state index contributed by atoms with van der Waals surface area (Å²) >= 11 is 5.01. The summed E-state index contributed by atoms with van der Waals surface area (Å²) in [5.41, 5.74) is 9.09. The molecule has 0 bridgehead atoms. The van der Waals surface area contributed by atoms with Gasteiger partial charge < -0.3 is 16.0 Å². The van der Waals surface area contributed by atoms with Gasteiger partial charge in [-0.25, -0.2) is 4.79 Å². The van der Waals surface area contributed by atoms with Crippen molar-refractivity contribution in [3.05, 3.63) is 34.9 Å². The molecular weight excluding hydrogens is 284 g/mol. The van der Waals surface area contributed by atoms with Crippen molar-refractivity contribution in [2.75, 3.05) is 26.2 Å². The quantitative estimate of drug-likeness (QED) is 0.812. The van der Waals surface area contributed by atoms with Crippen LogP contribution in [0.4, 0.5) is 4.79 Å². The van der Waals surface area contributed by atoms with Crippen molar-refractivity contribution in [1.29, 1.82) is 0 Å². The molecule has 21 heavy (non-hydrogen) atoms. The van der Waals surface area contributed by atoms with Crippen LogP contribution in [0.5, 0.6) is 0 Å². The highest BCUT2D eigenvalue weighted by Gasteiger charge is 2.35. The molecule has 2 fully saturated rings. The van der Waals surface area contributed by atoms with Crippen molar-refractivity contribution in [2.45, 2.75) is 19.5 Å². The lowest BCUT2D eigenvalue weighted by atomic mass is 10.0. The van der Waals surface area contributed by atoms with Crippen LogP contribution in [0, 0.1) is 6.92 Å². The van der Waals surface area contributed by atoms with Gasteiger partial charge in [0.1, 0.15) is 4.99 Å². The maximum absolute atomic E-state index is 11.6. The van der Waals surface area contributed by atoms with E-state index in [2.05, 4.69) is 29.3 Å². The first-order valence-electron chi connectivity index (χ1n) is 7.21. The van der Waals surface area contributed by atoms with Gasteiger partial charge in [0.25, 0.3) is 0 Å². The minimum Gasteiger partial charge on any atom is -0.389 e. The van der Waals surface area contributed by atoms with Gasteiger partial charge in [0.2, 0.25) is 0 Å². The van der Waals surface area contributed by atoms with Crippen molar-refractivity contribution in [3.8, 4) is 0 Å². The van der Waals surface area contributed by atoms with Crippen molar-refractivity contribution in [1.82, 2.24) is 15.1 Å². The van der Waals surface area contributed by atoms with E-state index in [4.69, 9.17) is 18.0 Å². The van der Waals surface area contributed by atoms with Crippen molar-refractivity contribution in [2.24, 2.45) is 5.73 Å². The summed E-state index contributed by atoms with van der Waals surface area (Å²) in [5, 5.41) is 2.91. The Morgan fingerprint density at radius 2 is 2.29 bits per heavy atom. The molecule has 0 aromatic heterocycles. The predicted octanol–water partition coefficient (Wildman–Crippen LogP) is 0.839. The van der Waals surface area contributed by atoms with Gasteiger partial charge >= 0.3 is 6.03 Å². The molecule has 6 heteroatoms. The Labute approximate surface area is 130 Å². The SMILES string of the molecule is Cc1cc(C(N)=S)ccc1CN1CCN2C(=O)NCC2C1. The number of aryl methyl sites for hydroxylation is 1. The summed E-state index contributed by atoms with van der Waals surface area (Å²) in [6.45, 7) is 6.40. The van der Waals surface area contributed by atoms with Crippen LogP contribution in [0.15, 0.2) is 18.2 Å². The molecule has 5 nitrogen and oxygen atoms in total. The Kier molecular flexibility index (Phi) is 3.82. The number of fused-ring (bicyclic) bond motifs is 1. The van der Waals surface area contributed by atoms with Crippen molar-refractivity contribution >= 4 is 23.2 Å². The summed E-state index contributed by atoms with van der Waals surface area (Å²) in [6, 6.07) is 6.53. The number of amides is 2. The number of carbonyl (C=O) groups is 1. The number of nitrogens with two attached hydrogens (primary N) is 1. The monoisotopic (exact) mass is 304 g/mol. The van der Waals surface area contributed by atoms with Gasteiger partial charge in [-0.05, 0) is 24.1 Å². The van der Waals surface area contributed by atoms with E-state index in [-0.39, 0.29) is 6.03 Å². The first kappa shape index (κ1) is 14.3. The number of rotatable bonds is 3. The Hall–Kier alpha value is -1.66. The molecule has 0 spiro atoms. The van der Waals surface area contributed by atoms with Gasteiger partial charge in [0.15, 0.2) is 0 Å². The molecule has 112 valence electrons. The molecule has 2 aliphatic heterocycles. The topological polar surface area (TPSA) is 61.6 Å². The molecular formula is C15H20N4OS. The van der Waals surface area contributed by atoms with Crippen molar-refractivity contribution < 1.29 is 4.79 Å². The highest BCUT2D eigenvalue weighted by molar-refractivity contribution is 7.80. The largest absolute Gasteiger partial charge is 0.389 e. The van der Waals surface area contributed by atoms with E-state index in [0.29, 0.717) is 11.0 Å². The summed E-state index contributed by atoms with van der Waals surface area (Å²) < 4.78 is 0. The fraction of sp³-hybridized carbons (Fsp3) is 0.467. The first-order chi connectivity index (χ1) is 10.0. The van der Waals surface area contributed by atoms with Crippen LogP contribution in [0.3, 0.4) is 0 Å². The number of hydrogen-bond donors (Lipinski definition) is 2. The molecule has 0 saturated carbocycles. The maximum Gasteiger partial charge on any atom is 0.317 e. The fourth-order valence-electron chi connectivity index (χ4n) is 3.08. The van der Waals surface area contributed by atoms with Gasteiger partial charge in [-0.15, -0.1) is 0 Å². The number of benzene rings is 1. The van der Waals surface area contributed by atoms with E-state index in [0.717, 1.165) is 38.3 Å². The summed E-state index contributed by atoms with van der Waals surface area (Å²) in [6.07, 6.45) is 0. The number of hydrogen-bond acceptors (Lipinski definition) is 3. The summed E-state index contributed by atoms with van der Waals surface area (Å²) in [7, 11) is 0. The molecule has 2 saturated heterocycles. The van der Waals surface area contributed by atoms with Gasteiger partial charge in [-0.1, -0.05) is 24.4 Å². The molecule has 3 rings (SSSR count). The Balaban J connectivity index is 1.67.